The summed E-state index contributed by atoms with van der Waals surface area (Å²) in [5.41, 5.74) is 2.52. The second-order valence-electron chi connectivity index (χ2n) is 4.76. The Morgan fingerprint density at radius 1 is 1.14 bits per heavy atom. The number of carbonyl (C=O) groups is 1. The zero-order valence-electron chi connectivity index (χ0n) is 11.7. The molecule has 0 unspecified atom stereocenters. The van der Waals surface area contributed by atoms with Crippen molar-refractivity contribution in [2.75, 3.05) is 17.7 Å². The summed E-state index contributed by atoms with van der Waals surface area (Å²) in [6.45, 7) is 0. The van der Waals surface area contributed by atoms with Crippen LogP contribution in [0.3, 0.4) is 0 Å². The van der Waals surface area contributed by atoms with E-state index in [1.807, 2.05) is 0 Å². The summed E-state index contributed by atoms with van der Waals surface area (Å²) in [5, 5.41) is 16.0. The standard InChI is InChI=1S/C16H13ClN2O3/c1-22-15-7-9(2-5-14(15)20)6-13-16(21)19-12-8-10(17)3-4-11(12)18-13/h2-8,18,20H,1H3,(H,19,21)/b13-6+. The molecule has 1 amide bonds. The van der Waals surface area contributed by atoms with Crippen molar-refractivity contribution in [1.29, 1.82) is 0 Å². The van der Waals surface area contributed by atoms with E-state index in [0.29, 0.717) is 22.2 Å². The Labute approximate surface area is 132 Å². The van der Waals surface area contributed by atoms with Gasteiger partial charge >= 0.3 is 0 Å². The number of hydrogen-bond donors (Lipinski definition) is 3. The summed E-state index contributed by atoms with van der Waals surface area (Å²) in [6, 6.07) is 10.1. The fraction of sp³-hybridized carbons (Fsp3) is 0.0625. The molecule has 0 aromatic heterocycles. The van der Waals surface area contributed by atoms with Crippen LogP contribution in [0.5, 0.6) is 11.5 Å². The molecule has 0 radical (unpaired) electrons. The van der Waals surface area contributed by atoms with Crippen molar-refractivity contribution in [2.45, 2.75) is 0 Å². The van der Waals surface area contributed by atoms with E-state index in [9.17, 15) is 9.90 Å². The van der Waals surface area contributed by atoms with Crippen LogP contribution >= 0.6 is 11.6 Å². The van der Waals surface area contributed by atoms with Crippen LogP contribution in [0.2, 0.25) is 5.02 Å². The lowest BCUT2D eigenvalue weighted by atomic mass is 10.1. The number of benzene rings is 2. The molecule has 0 aliphatic carbocycles. The van der Waals surface area contributed by atoms with Crippen LogP contribution in [0.1, 0.15) is 5.56 Å². The third-order valence-corrected chi connectivity index (χ3v) is 3.49. The number of phenols is 1. The lowest BCUT2D eigenvalue weighted by molar-refractivity contribution is -0.112. The molecule has 0 saturated carbocycles. The molecule has 2 aromatic rings. The Balaban J connectivity index is 1.95. The number of phenolic OH excluding ortho intramolecular Hbond substituents is 1. The first-order valence-electron chi connectivity index (χ1n) is 6.53. The van der Waals surface area contributed by atoms with Crippen molar-refractivity contribution in [3.8, 4) is 11.5 Å². The Morgan fingerprint density at radius 2 is 1.95 bits per heavy atom. The number of hydrogen-bond acceptors (Lipinski definition) is 4. The van der Waals surface area contributed by atoms with Gasteiger partial charge in [-0.3, -0.25) is 4.79 Å². The van der Waals surface area contributed by atoms with Gasteiger partial charge in [0.2, 0.25) is 0 Å². The molecular weight excluding hydrogens is 304 g/mol. The maximum atomic E-state index is 12.1. The molecule has 6 heteroatoms. The monoisotopic (exact) mass is 316 g/mol. The fourth-order valence-electron chi connectivity index (χ4n) is 2.17. The molecule has 1 aliphatic heterocycles. The predicted octanol–water partition coefficient (Wildman–Crippen LogP) is 3.46. The summed E-state index contributed by atoms with van der Waals surface area (Å²) in [7, 11) is 1.47. The van der Waals surface area contributed by atoms with E-state index in [-0.39, 0.29) is 11.7 Å². The lowest BCUT2D eigenvalue weighted by Crippen LogP contribution is -2.25. The smallest absolute Gasteiger partial charge is 0.272 e. The predicted molar refractivity (Wildman–Crippen MR) is 86.3 cm³/mol. The molecule has 0 atom stereocenters. The van der Waals surface area contributed by atoms with E-state index < -0.39 is 0 Å². The Kier molecular flexibility index (Phi) is 3.65. The van der Waals surface area contributed by atoms with Crippen molar-refractivity contribution in [1.82, 2.24) is 0 Å². The Bertz CT molecular complexity index is 787. The zero-order valence-corrected chi connectivity index (χ0v) is 12.4. The molecule has 0 saturated heterocycles. The van der Waals surface area contributed by atoms with E-state index in [1.165, 1.54) is 13.2 Å². The molecule has 112 valence electrons. The average Bonchev–Trinajstić information content (AvgIpc) is 2.50. The number of halogens is 1. The number of nitrogens with one attached hydrogen (secondary N) is 2. The van der Waals surface area contributed by atoms with Gasteiger partial charge in [-0.25, -0.2) is 0 Å². The summed E-state index contributed by atoms with van der Waals surface area (Å²) in [6.07, 6.45) is 1.68. The van der Waals surface area contributed by atoms with Crippen LogP contribution in [-0.2, 0) is 4.79 Å². The van der Waals surface area contributed by atoms with Gasteiger partial charge in [-0.05, 0) is 42.0 Å². The third-order valence-electron chi connectivity index (χ3n) is 3.26. The summed E-state index contributed by atoms with van der Waals surface area (Å²) in [4.78, 5) is 12.1. The summed E-state index contributed by atoms with van der Waals surface area (Å²) >= 11 is 5.91. The van der Waals surface area contributed by atoms with Crippen LogP contribution < -0.4 is 15.4 Å². The average molecular weight is 317 g/mol. The quantitative estimate of drug-likeness (QED) is 0.742. The Hall–Kier alpha value is -2.66. The van der Waals surface area contributed by atoms with E-state index in [1.54, 1.807) is 36.4 Å². The van der Waals surface area contributed by atoms with Crippen molar-refractivity contribution < 1.29 is 14.6 Å². The largest absolute Gasteiger partial charge is 0.504 e. The van der Waals surface area contributed by atoms with Gasteiger partial charge in [0.15, 0.2) is 11.5 Å². The maximum Gasteiger partial charge on any atom is 0.272 e. The summed E-state index contributed by atoms with van der Waals surface area (Å²) < 4.78 is 5.06. The first-order chi connectivity index (χ1) is 10.6. The number of anilines is 2. The topological polar surface area (TPSA) is 70.6 Å². The molecule has 0 spiro atoms. The maximum absolute atomic E-state index is 12.1. The minimum atomic E-state index is -0.262. The second-order valence-corrected chi connectivity index (χ2v) is 5.19. The Morgan fingerprint density at radius 3 is 2.73 bits per heavy atom. The van der Waals surface area contributed by atoms with Crippen LogP contribution in [0.4, 0.5) is 11.4 Å². The molecule has 3 rings (SSSR count). The molecule has 22 heavy (non-hydrogen) atoms. The molecule has 1 aliphatic rings. The highest BCUT2D eigenvalue weighted by atomic mass is 35.5. The van der Waals surface area contributed by atoms with Crippen LogP contribution in [-0.4, -0.2) is 18.1 Å². The van der Waals surface area contributed by atoms with Gasteiger partial charge in [0, 0.05) is 5.02 Å². The van der Waals surface area contributed by atoms with Gasteiger partial charge in [-0.15, -0.1) is 0 Å². The van der Waals surface area contributed by atoms with E-state index in [2.05, 4.69) is 10.6 Å². The number of fused-ring (bicyclic) bond motifs is 1. The van der Waals surface area contributed by atoms with Gasteiger partial charge in [0.1, 0.15) is 5.70 Å². The van der Waals surface area contributed by atoms with E-state index >= 15 is 0 Å². The highest BCUT2D eigenvalue weighted by Crippen LogP contribution is 2.32. The minimum absolute atomic E-state index is 0.0469. The third kappa shape index (κ3) is 2.71. The number of methoxy groups -OCH3 is 1. The van der Waals surface area contributed by atoms with Gasteiger partial charge in [-0.2, -0.15) is 0 Å². The van der Waals surface area contributed by atoms with Gasteiger partial charge in [-0.1, -0.05) is 17.7 Å². The summed E-state index contributed by atoms with van der Waals surface area (Å²) in [5.74, 6) is 0.130. The van der Waals surface area contributed by atoms with E-state index in [4.69, 9.17) is 16.3 Å². The normalized spacial score (nSPS) is 15.0. The van der Waals surface area contributed by atoms with Gasteiger partial charge in [0.05, 0.1) is 18.5 Å². The number of carbonyl (C=O) groups excluding carboxylic acids is 1. The first-order valence-corrected chi connectivity index (χ1v) is 6.91. The molecule has 2 aromatic carbocycles. The minimum Gasteiger partial charge on any atom is -0.504 e. The van der Waals surface area contributed by atoms with Crippen LogP contribution in [0.25, 0.3) is 6.08 Å². The SMILES string of the molecule is COc1cc(/C=C2/Nc3ccc(Cl)cc3NC2=O)ccc1O. The van der Waals surface area contributed by atoms with Crippen molar-refractivity contribution in [2.24, 2.45) is 0 Å². The highest BCUT2D eigenvalue weighted by molar-refractivity contribution is 6.31. The molecule has 0 bridgehead atoms. The van der Waals surface area contributed by atoms with Gasteiger partial charge in [0.25, 0.3) is 5.91 Å². The lowest BCUT2D eigenvalue weighted by Gasteiger charge is -2.21. The van der Waals surface area contributed by atoms with Crippen LogP contribution in [0, 0.1) is 0 Å². The number of rotatable bonds is 2. The molecule has 0 fully saturated rings. The van der Waals surface area contributed by atoms with Crippen molar-refractivity contribution in [3.05, 3.63) is 52.7 Å². The van der Waals surface area contributed by atoms with Crippen molar-refractivity contribution >= 4 is 35.0 Å². The zero-order chi connectivity index (χ0) is 15.7. The molecular formula is C16H13ClN2O3. The number of ether oxygens (including phenoxy) is 1. The van der Waals surface area contributed by atoms with Gasteiger partial charge < -0.3 is 20.5 Å². The highest BCUT2D eigenvalue weighted by Gasteiger charge is 2.19. The molecule has 5 nitrogen and oxygen atoms in total. The van der Waals surface area contributed by atoms with Crippen LogP contribution in [0.15, 0.2) is 42.1 Å². The van der Waals surface area contributed by atoms with E-state index in [0.717, 1.165) is 11.3 Å². The molecule has 3 N–H and O–H groups in total. The van der Waals surface area contributed by atoms with Crippen molar-refractivity contribution in [3.63, 3.8) is 0 Å². The number of aromatic hydroxyl groups is 1. The second kappa shape index (κ2) is 5.61. The first kappa shape index (κ1) is 14.3. The fourth-order valence-corrected chi connectivity index (χ4v) is 2.34. The molecule has 1 heterocycles. The number of amides is 1.